The fourth-order valence-corrected chi connectivity index (χ4v) is 2.50. The van der Waals surface area contributed by atoms with Crippen LogP contribution in [0.4, 0.5) is 18.9 Å². The van der Waals surface area contributed by atoms with Gasteiger partial charge in [-0.15, -0.1) is 0 Å². The number of phenols is 1. The first-order valence-electron chi connectivity index (χ1n) is 5.58. The zero-order valence-electron chi connectivity index (χ0n) is 10.4. The van der Waals surface area contributed by atoms with Crippen LogP contribution in [0.15, 0.2) is 41.6 Å². The molecule has 2 N–H and O–H groups in total. The van der Waals surface area contributed by atoms with Crippen LogP contribution < -0.4 is 4.72 Å². The maximum Gasteiger partial charge on any atom is 0.408 e. The topological polar surface area (TPSA) is 84.2 Å². The van der Waals surface area contributed by atoms with Crippen molar-refractivity contribution in [1.82, 2.24) is 9.78 Å². The minimum atomic E-state index is -4.49. The molecule has 6 nitrogen and oxygen atoms in total. The second kappa shape index (κ2) is 5.28. The highest BCUT2D eigenvalue weighted by atomic mass is 32.2. The van der Waals surface area contributed by atoms with E-state index in [1.165, 1.54) is 24.3 Å². The Bertz CT molecular complexity index is 723. The molecule has 1 aromatic heterocycles. The molecule has 0 aliphatic carbocycles. The van der Waals surface area contributed by atoms with E-state index in [0.29, 0.717) is 4.68 Å². The van der Waals surface area contributed by atoms with Gasteiger partial charge in [-0.3, -0.25) is 9.40 Å². The van der Waals surface area contributed by atoms with Crippen LogP contribution in [0.5, 0.6) is 5.75 Å². The van der Waals surface area contributed by atoms with Crippen molar-refractivity contribution in [3.8, 4) is 5.75 Å². The summed E-state index contributed by atoms with van der Waals surface area (Å²) in [6.07, 6.45) is -3.56. The predicted octanol–water partition coefficient (Wildman–Crippen LogP) is 1.95. The number of rotatable bonds is 4. The van der Waals surface area contributed by atoms with E-state index < -0.39 is 27.8 Å². The number of anilines is 1. The normalized spacial score (nSPS) is 12.3. The summed E-state index contributed by atoms with van der Waals surface area (Å²) in [7, 11) is -4.09. The van der Waals surface area contributed by atoms with E-state index in [1.807, 2.05) is 0 Å². The maximum atomic E-state index is 12.2. The SMILES string of the molecule is O=S(=O)(Nc1ccc(O)cc1)c1ccn(CC(F)(F)F)n1. The van der Waals surface area contributed by atoms with Crippen LogP contribution in [0.3, 0.4) is 0 Å². The molecule has 1 heterocycles. The Morgan fingerprint density at radius 3 is 2.38 bits per heavy atom. The average molecular weight is 321 g/mol. The molecule has 21 heavy (non-hydrogen) atoms. The highest BCUT2D eigenvalue weighted by molar-refractivity contribution is 7.92. The first-order chi connectivity index (χ1) is 9.66. The van der Waals surface area contributed by atoms with E-state index >= 15 is 0 Å². The Morgan fingerprint density at radius 2 is 1.81 bits per heavy atom. The van der Waals surface area contributed by atoms with Gasteiger partial charge in [-0.1, -0.05) is 0 Å². The zero-order valence-corrected chi connectivity index (χ0v) is 11.2. The number of aromatic nitrogens is 2. The molecule has 2 rings (SSSR count). The lowest BCUT2D eigenvalue weighted by Gasteiger charge is -2.07. The quantitative estimate of drug-likeness (QED) is 0.843. The third-order valence-corrected chi connectivity index (χ3v) is 3.63. The summed E-state index contributed by atoms with van der Waals surface area (Å²) in [5.74, 6) is -0.0487. The Kier molecular flexibility index (Phi) is 3.81. The molecule has 0 bridgehead atoms. The standard InChI is InChI=1S/C11H10F3N3O3S/c12-11(13,14)7-17-6-5-10(15-17)21(19,20)16-8-1-3-9(18)4-2-8/h1-6,16,18H,7H2. The minimum Gasteiger partial charge on any atom is -0.508 e. The highest BCUT2D eigenvalue weighted by Gasteiger charge is 2.29. The molecule has 0 amide bonds. The van der Waals surface area contributed by atoms with Crippen LogP contribution >= 0.6 is 0 Å². The number of alkyl halides is 3. The van der Waals surface area contributed by atoms with Crippen LogP contribution in [0, 0.1) is 0 Å². The molecule has 114 valence electrons. The fourth-order valence-electron chi connectivity index (χ4n) is 1.50. The summed E-state index contributed by atoms with van der Waals surface area (Å²) in [4.78, 5) is 0. The van der Waals surface area contributed by atoms with Gasteiger partial charge in [0.25, 0.3) is 10.0 Å². The zero-order chi connectivity index (χ0) is 15.7. The molecule has 0 radical (unpaired) electrons. The number of nitrogens with one attached hydrogen (secondary N) is 1. The molecule has 0 spiro atoms. The van der Waals surface area contributed by atoms with Crippen molar-refractivity contribution in [1.29, 1.82) is 0 Å². The monoisotopic (exact) mass is 321 g/mol. The van der Waals surface area contributed by atoms with E-state index in [-0.39, 0.29) is 11.4 Å². The number of phenolic OH excluding ortho intramolecular Hbond substituents is 1. The van der Waals surface area contributed by atoms with Gasteiger partial charge in [0.15, 0.2) is 5.03 Å². The lowest BCUT2D eigenvalue weighted by Crippen LogP contribution is -2.19. The fraction of sp³-hybridized carbons (Fsp3) is 0.182. The van der Waals surface area contributed by atoms with Gasteiger partial charge in [0.1, 0.15) is 12.3 Å². The van der Waals surface area contributed by atoms with Crippen molar-refractivity contribution < 1.29 is 26.7 Å². The maximum absolute atomic E-state index is 12.2. The Hall–Kier alpha value is -2.23. The molecular weight excluding hydrogens is 311 g/mol. The number of halogens is 3. The summed E-state index contributed by atoms with van der Waals surface area (Å²) in [6, 6.07) is 6.11. The summed E-state index contributed by atoms with van der Waals surface area (Å²) >= 11 is 0. The molecule has 0 aliphatic rings. The predicted molar refractivity (Wildman–Crippen MR) is 67.2 cm³/mol. The Balaban J connectivity index is 2.18. The van der Waals surface area contributed by atoms with Gasteiger partial charge in [0.2, 0.25) is 0 Å². The van der Waals surface area contributed by atoms with Gasteiger partial charge in [-0.2, -0.15) is 26.7 Å². The number of hydrogen-bond donors (Lipinski definition) is 2. The Labute approximate surface area is 117 Å². The van der Waals surface area contributed by atoms with Crippen molar-refractivity contribution in [2.24, 2.45) is 0 Å². The molecule has 0 saturated heterocycles. The van der Waals surface area contributed by atoms with Gasteiger partial charge in [0, 0.05) is 11.9 Å². The third kappa shape index (κ3) is 4.12. The van der Waals surface area contributed by atoms with Crippen LogP contribution in [-0.2, 0) is 16.6 Å². The highest BCUT2D eigenvalue weighted by Crippen LogP contribution is 2.20. The summed E-state index contributed by atoms with van der Waals surface area (Å²) in [5.41, 5.74) is 0.151. The van der Waals surface area contributed by atoms with Crippen LogP contribution in [0.1, 0.15) is 0 Å². The number of sulfonamides is 1. The molecule has 0 saturated carbocycles. The lowest BCUT2D eigenvalue weighted by atomic mass is 10.3. The van der Waals surface area contributed by atoms with E-state index in [9.17, 15) is 21.6 Å². The summed E-state index contributed by atoms with van der Waals surface area (Å²) in [6.45, 7) is -1.37. The third-order valence-electron chi connectivity index (χ3n) is 2.35. The van der Waals surface area contributed by atoms with E-state index in [4.69, 9.17) is 5.11 Å². The molecule has 10 heteroatoms. The lowest BCUT2D eigenvalue weighted by molar-refractivity contribution is -0.142. The van der Waals surface area contributed by atoms with Crippen molar-refractivity contribution in [3.63, 3.8) is 0 Å². The van der Waals surface area contributed by atoms with E-state index in [2.05, 4.69) is 9.82 Å². The van der Waals surface area contributed by atoms with Crippen LogP contribution in [0.2, 0.25) is 0 Å². The first kappa shape index (κ1) is 15.2. The Morgan fingerprint density at radius 1 is 1.19 bits per heavy atom. The molecular formula is C11H10F3N3O3S. The van der Waals surface area contributed by atoms with Gasteiger partial charge in [-0.05, 0) is 30.3 Å². The van der Waals surface area contributed by atoms with Gasteiger partial charge in [0.05, 0.1) is 0 Å². The smallest absolute Gasteiger partial charge is 0.408 e. The molecule has 0 fully saturated rings. The van der Waals surface area contributed by atoms with E-state index in [0.717, 1.165) is 12.3 Å². The van der Waals surface area contributed by atoms with Gasteiger partial charge >= 0.3 is 6.18 Å². The minimum absolute atomic E-state index is 0.0487. The van der Waals surface area contributed by atoms with Gasteiger partial charge in [-0.25, -0.2) is 0 Å². The first-order valence-corrected chi connectivity index (χ1v) is 7.06. The molecule has 0 aliphatic heterocycles. The number of aromatic hydroxyl groups is 1. The van der Waals surface area contributed by atoms with E-state index in [1.54, 1.807) is 0 Å². The second-order valence-corrected chi connectivity index (χ2v) is 5.75. The average Bonchev–Trinajstić information content (AvgIpc) is 2.79. The second-order valence-electron chi connectivity index (χ2n) is 4.12. The number of hydrogen-bond acceptors (Lipinski definition) is 4. The molecule has 2 aromatic rings. The van der Waals surface area contributed by atoms with Crippen molar-refractivity contribution in [3.05, 3.63) is 36.5 Å². The summed E-state index contributed by atoms with van der Waals surface area (Å²) in [5, 5.41) is 11.9. The van der Waals surface area contributed by atoms with Crippen LogP contribution in [0.25, 0.3) is 0 Å². The van der Waals surface area contributed by atoms with Crippen molar-refractivity contribution in [2.45, 2.75) is 17.7 Å². The van der Waals surface area contributed by atoms with Crippen molar-refractivity contribution >= 4 is 15.7 Å². The molecule has 1 aromatic carbocycles. The summed E-state index contributed by atoms with van der Waals surface area (Å²) < 4.78 is 63.0. The van der Waals surface area contributed by atoms with Crippen molar-refractivity contribution in [2.75, 3.05) is 4.72 Å². The molecule has 0 unspecified atom stereocenters. The molecule has 0 atom stereocenters. The number of nitrogens with zero attached hydrogens (tertiary/aromatic N) is 2. The van der Waals surface area contributed by atoms with Crippen LogP contribution in [-0.4, -0.2) is 29.5 Å². The van der Waals surface area contributed by atoms with Gasteiger partial charge < -0.3 is 5.11 Å². The largest absolute Gasteiger partial charge is 0.508 e. The number of benzene rings is 1.